The summed E-state index contributed by atoms with van der Waals surface area (Å²) in [5.74, 6) is -1.78. The monoisotopic (exact) mass is 764 g/mol. The average molecular weight is 765 g/mol. The van der Waals surface area contributed by atoms with Crippen molar-refractivity contribution in [3.8, 4) is 23.0 Å². The number of nitrogens with one attached hydrogen (secondary N) is 2. The lowest BCUT2D eigenvalue weighted by Gasteiger charge is -2.23. The van der Waals surface area contributed by atoms with Crippen molar-refractivity contribution in [1.29, 1.82) is 0 Å². The SMILES string of the molecule is CC(C)(O)C#Cc1ccc(-c2cccc3c2oc2c(Cl)[nH]nc23)c(C(Cc2cc(F)cc(F)c2)NC(=O)Cn2nc(C(F)F)c3c2C(F)(F)C24CC2C34)n1. The molecular weight excluding hydrogens is 738 g/mol. The summed E-state index contributed by atoms with van der Waals surface area (Å²) in [6.45, 7) is 2.08. The number of furan rings is 1. The lowest BCUT2D eigenvalue weighted by atomic mass is 9.94. The van der Waals surface area contributed by atoms with Crippen molar-refractivity contribution >= 4 is 39.6 Å². The summed E-state index contributed by atoms with van der Waals surface area (Å²) in [5, 5.41) is 24.5. The smallest absolute Gasteiger partial charge is 0.296 e. The van der Waals surface area contributed by atoms with Crippen molar-refractivity contribution in [3.05, 3.63) is 99.2 Å². The van der Waals surface area contributed by atoms with Gasteiger partial charge in [0.25, 0.3) is 12.3 Å². The third-order valence-electron chi connectivity index (χ3n) is 10.5. The molecule has 4 atom stereocenters. The number of alkyl halides is 4. The second-order valence-electron chi connectivity index (χ2n) is 14.5. The summed E-state index contributed by atoms with van der Waals surface area (Å²) in [4.78, 5) is 18.7. The Labute approximate surface area is 306 Å². The van der Waals surface area contributed by atoms with Crippen LogP contribution in [0.15, 0.2) is 52.9 Å². The molecule has 4 aromatic heterocycles. The highest BCUT2D eigenvalue weighted by Crippen LogP contribution is 2.95. The number of hydrogen-bond donors (Lipinski definition) is 3. The van der Waals surface area contributed by atoms with Crippen molar-refractivity contribution in [2.75, 3.05) is 0 Å². The second kappa shape index (κ2) is 11.6. The molecule has 9 rings (SSSR count). The van der Waals surface area contributed by atoms with Gasteiger partial charge in [-0.25, -0.2) is 22.5 Å². The number of pyridine rings is 1. The molecule has 1 amide bonds. The molecule has 3 aliphatic carbocycles. The van der Waals surface area contributed by atoms with Gasteiger partial charge < -0.3 is 14.8 Å². The Balaban J connectivity index is 1.17. The quantitative estimate of drug-likeness (QED) is 0.107. The number of hydrogen-bond acceptors (Lipinski definition) is 6. The predicted molar refractivity (Wildman–Crippen MR) is 183 cm³/mol. The maximum atomic E-state index is 15.8. The van der Waals surface area contributed by atoms with E-state index in [1.165, 1.54) is 13.8 Å². The standard InChI is InChI=1S/C38H27ClF6N6O3/c1-36(2,53)9-8-19-6-7-20(21-4-3-5-22-29-32(54-31(21)22)34(39)49-48-29)28(46-19)24(12-16-10-17(40)13-18(41)11-16)47-25(52)15-51-33-26(30(50-51)35(42)43)27-23-14-37(23,27)38(33,44)45/h3-7,10-11,13,23-24,27,35,53H,12,14-15H2,1-2H3,(H,47,52)(H,48,49). The van der Waals surface area contributed by atoms with Crippen LogP contribution in [0.4, 0.5) is 26.3 Å². The van der Waals surface area contributed by atoms with E-state index in [9.17, 15) is 27.5 Å². The van der Waals surface area contributed by atoms with Crippen LogP contribution < -0.4 is 5.32 Å². The molecule has 3 N–H and O–H groups in total. The molecule has 0 bridgehead atoms. The van der Waals surface area contributed by atoms with E-state index in [0.717, 1.165) is 12.1 Å². The molecule has 0 aliphatic heterocycles. The van der Waals surface area contributed by atoms with Gasteiger partial charge in [-0.05, 0) is 74.4 Å². The van der Waals surface area contributed by atoms with Gasteiger partial charge >= 0.3 is 0 Å². The van der Waals surface area contributed by atoms with Gasteiger partial charge in [0.15, 0.2) is 10.7 Å². The number of carbonyl (C=O) groups excluding carboxylic acids is 1. The van der Waals surface area contributed by atoms with Crippen LogP contribution in [0.25, 0.3) is 33.2 Å². The van der Waals surface area contributed by atoms with Gasteiger partial charge in [-0.2, -0.15) is 19.0 Å². The summed E-state index contributed by atoms with van der Waals surface area (Å²) in [6.07, 6.45) is -3.19. The van der Waals surface area contributed by atoms with Gasteiger partial charge in [0, 0.05) is 34.1 Å². The van der Waals surface area contributed by atoms with Gasteiger partial charge in [0.05, 0.1) is 17.2 Å². The number of para-hydroxylation sites is 1. The van der Waals surface area contributed by atoms with E-state index in [1.807, 2.05) is 0 Å². The zero-order valence-electron chi connectivity index (χ0n) is 28.2. The molecule has 0 saturated heterocycles. The predicted octanol–water partition coefficient (Wildman–Crippen LogP) is 7.87. The van der Waals surface area contributed by atoms with E-state index in [2.05, 4.69) is 32.5 Å². The first-order valence-electron chi connectivity index (χ1n) is 16.9. The Morgan fingerprint density at radius 2 is 1.89 bits per heavy atom. The lowest BCUT2D eigenvalue weighted by Crippen LogP contribution is -2.35. The van der Waals surface area contributed by atoms with Crippen LogP contribution in [0.1, 0.15) is 72.6 Å². The molecule has 1 spiro atoms. The average Bonchev–Trinajstić information content (AvgIpc) is 3.77. The zero-order valence-corrected chi connectivity index (χ0v) is 29.0. The van der Waals surface area contributed by atoms with Crippen molar-refractivity contribution in [1.82, 2.24) is 30.3 Å². The third kappa shape index (κ3) is 5.21. The van der Waals surface area contributed by atoms with Crippen LogP contribution in [-0.2, 0) is 23.7 Å². The molecule has 16 heteroatoms. The molecule has 2 fully saturated rings. The fourth-order valence-corrected chi connectivity index (χ4v) is 8.27. The first kappa shape index (κ1) is 34.4. The number of carbonyl (C=O) groups is 1. The van der Waals surface area contributed by atoms with Gasteiger partial charge in [-0.3, -0.25) is 14.6 Å². The summed E-state index contributed by atoms with van der Waals surface area (Å²) in [6, 6.07) is 9.98. The van der Waals surface area contributed by atoms with Crippen LogP contribution in [-0.4, -0.2) is 41.6 Å². The number of aliphatic hydroxyl groups is 1. The van der Waals surface area contributed by atoms with Gasteiger partial charge in [0.2, 0.25) is 5.91 Å². The van der Waals surface area contributed by atoms with Gasteiger partial charge in [-0.15, -0.1) is 0 Å². The van der Waals surface area contributed by atoms with Crippen LogP contribution in [0, 0.1) is 34.8 Å². The highest BCUT2D eigenvalue weighted by molar-refractivity contribution is 6.34. The number of aromatic amines is 1. The van der Waals surface area contributed by atoms with E-state index in [4.69, 9.17) is 21.0 Å². The minimum atomic E-state index is -3.46. The molecule has 54 heavy (non-hydrogen) atoms. The lowest BCUT2D eigenvalue weighted by molar-refractivity contribution is -0.123. The van der Waals surface area contributed by atoms with Crippen molar-refractivity contribution in [2.45, 2.75) is 63.1 Å². The molecule has 9 nitrogen and oxygen atoms in total. The number of H-pyrrole nitrogens is 1. The molecule has 4 unspecified atom stereocenters. The molecule has 0 radical (unpaired) electrons. The number of fused-ring (bicyclic) bond motifs is 6. The van der Waals surface area contributed by atoms with E-state index in [1.54, 1.807) is 30.3 Å². The summed E-state index contributed by atoms with van der Waals surface area (Å²) in [7, 11) is 0. The highest BCUT2D eigenvalue weighted by atomic mass is 35.5. The van der Waals surface area contributed by atoms with Crippen LogP contribution in [0.3, 0.4) is 0 Å². The minimum Gasteiger partial charge on any atom is -0.450 e. The largest absolute Gasteiger partial charge is 0.450 e. The molecular formula is C38H27ClF6N6O3. The van der Waals surface area contributed by atoms with Crippen LogP contribution in [0.2, 0.25) is 5.15 Å². The fraction of sp³-hybridized carbons (Fsp3) is 0.316. The first-order chi connectivity index (χ1) is 25.6. The molecule has 2 saturated carbocycles. The summed E-state index contributed by atoms with van der Waals surface area (Å²) < 4.78 is 95.5. The second-order valence-corrected chi connectivity index (χ2v) is 14.9. The molecule has 6 aromatic rings. The molecule has 3 aliphatic rings. The maximum absolute atomic E-state index is 15.8. The van der Waals surface area contributed by atoms with Gasteiger partial charge in [-0.1, -0.05) is 29.7 Å². The van der Waals surface area contributed by atoms with E-state index >= 15 is 8.78 Å². The minimum absolute atomic E-state index is 0.102. The Morgan fingerprint density at radius 1 is 1.13 bits per heavy atom. The van der Waals surface area contributed by atoms with Crippen molar-refractivity contribution < 1.29 is 40.7 Å². The summed E-state index contributed by atoms with van der Waals surface area (Å²) in [5.41, 5.74) is -2.18. The van der Waals surface area contributed by atoms with Crippen molar-refractivity contribution in [3.63, 3.8) is 0 Å². The summed E-state index contributed by atoms with van der Waals surface area (Å²) >= 11 is 6.28. The fourth-order valence-electron chi connectivity index (χ4n) is 8.10. The molecule has 4 heterocycles. The van der Waals surface area contributed by atoms with Gasteiger partial charge in [0.1, 0.15) is 52.0 Å². The number of amides is 1. The Bertz CT molecular complexity index is 2610. The topological polar surface area (TPSA) is 122 Å². The van der Waals surface area contributed by atoms with Crippen LogP contribution in [0.5, 0.6) is 0 Å². The van der Waals surface area contributed by atoms with Crippen molar-refractivity contribution in [2.24, 2.45) is 11.3 Å². The highest BCUT2D eigenvalue weighted by Gasteiger charge is 2.94. The molecule has 2 aromatic carbocycles. The molecule has 276 valence electrons. The van der Waals surface area contributed by atoms with Crippen LogP contribution >= 0.6 is 11.6 Å². The van der Waals surface area contributed by atoms with E-state index in [-0.39, 0.29) is 52.0 Å². The third-order valence-corrected chi connectivity index (χ3v) is 10.8. The van der Waals surface area contributed by atoms with E-state index in [0.29, 0.717) is 38.4 Å². The maximum Gasteiger partial charge on any atom is 0.296 e. The number of halogens is 7. The zero-order chi connectivity index (χ0) is 38.1. The Kier molecular flexibility index (Phi) is 7.39. The normalized spacial score (nSPS) is 21.1. The number of nitrogens with zero attached hydrogens (tertiary/aromatic N) is 4. The Hall–Kier alpha value is -5.33. The number of rotatable bonds is 8. The number of benzene rings is 2. The first-order valence-corrected chi connectivity index (χ1v) is 17.3. The Morgan fingerprint density at radius 3 is 2.59 bits per heavy atom. The number of aromatic nitrogens is 5. The van der Waals surface area contributed by atoms with E-state index < -0.39 is 70.8 Å².